The van der Waals surface area contributed by atoms with Crippen LogP contribution in [0, 0.1) is 11.6 Å². The van der Waals surface area contributed by atoms with Gasteiger partial charge in [-0.15, -0.1) is 0 Å². The number of halogens is 2. The highest BCUT2D eigenvalue weighted by Crippen LogP contribution is 2.39. The van der Waals surface area contributed by atoms with E-state index in [1.807, 2.05) is 0 Å². The third kappa shape index (κ3) is 4.95. The summed E-state index contributed by atoms with van der Waals surface area (Å²) in [5, 5.41) is 29.8. The molecule has 2 saturated heterocycles. The fraction of sp³-hybridized carbons (Fsp3) is 0.393. The topological polar surface area (TPSA) is 142 Å². The molecule has 0 spiro atoms. The number of carbonyl (C=O) groups is 2. The Balaban J connectivity index is 1.19. The summed E-state index contributed by atoms with van der Waals surface area (Å²) in [4.78, 5) is 39.1. The molecular formula is C28H27F2N3O8. The molecule has 2 atom stereocenters. The van der Waals surface area contributed by atoms with Gasteiger partial charge in [0.05, 0.1) is 36.6 Å². The number of benzene rings is 2. The number of carbonyl (C=O) groups excluding carboxylic acids is 1. The van der Waals surface area contributed by atoms with E-state index >= 15 is 4.39 Å². The van der Waals surface area contributed by atoms with Gasteiger partial charge >= 0.3 is 12.1 Å². The van der Waals surface area contributed by atoms with Crippen molar-refractivity contribution in [2.75, 3.05) is 42.6 Å². The van der Waals surface area contributed by atoms with Crippen LogP contribution in [0.2, 0.25) is 0 Å². The molecule has 6 rings (SSSR count). The van der Waals surface area contributed by atoms with Crippen molar-refractivity contribution in [1.82, 2.24) is 4.57 Å². The summed E-state index contributed by atoms with van der Waals surface area (Å²) in [5.41, 5.74) is -1.82. The molecule has 1 saturated carbocycles. The van der Waals surface area contributed by atoms with E-state index in [0.29, 0.717) is 5.52 Å². The molecule has 11 nitrogen and oxygen atoms in total. The van der Waals surface area contributed by atoms with Gasteiger partial charge in [-0.25, -0.2) is 18.4 Å². The molecule has 3 N–H and O–H groups in total. The number of fused-ring (bicyclic) bond motifs is 1. The van der Waals surface area contributed by atoms with E-state index < -0.39 is 46.4 Å². The Hall–Kier alpha value is -4.23. The number of aliphatic hydroxyl groups excluding tert-OH is 1. The Bertz CT molecular complexity index is 1620. The molecule has 1 aromatic heterocycles. The number of pyridine rings is 1. The summed E-state index contributed by atoms with van der Waals surface area (Å²) < 4.78 is 42.3. The zero-order valence-corrected chi connectivity index (χ0v) is 21.8. The molecule has 13 heteroatoms. The summed E-state index contributed by atoms with van der Waals surface area (Å²) >= 11 is 0. The fourth-order valence-electron chi connectivity index (χ4n) is 5.40. The fourth-order valence-corrected chi connectivity index (χ4v) is 5.40. The molecule has 3 fully saturated rings. The van der Waals surface area contributed by atoms with E-state index in [1.165, 1.54) is 29.3 Å². The first-order valence-corrected chi connectivity index (χ1v) is 13.2. The van der Waals surface area contributed by atoms with E-state index in [4.69, 9.17) is 9.47 Å². The lowest BCUT2D eigenvalue weighted by atomic mass is 10.1. The normalized spacial score (nSPS) is 22.4. The van der Waals surface area contributed by atoms with Crippen molar-refractivity contribution in [2.24, 2.45) is 0 Å². The van der Waals surface area contributed by atoms with Crippen molar-refractivity contribution in [1.29, 1.82) is 0 Å². The Labute approximate surface area is 231 Å². The van der Waals surface area contributed by atoms with Crippen LogP contribution in [0.5, 0.6) is 5.75 Å². The largest absolute Gasteiger partial charge is 0.487 e. The van der Waals surface area contributed by atoms with E-state index in [-0.39, 0.29) is 67.8 Å². The molecule has 2 unspecified atom stereocenters. The van der Waals surface area contributed by atoms with Crippen LogP contribution in [0.1, 0.15) is 35.7 Å². The van der Waals surface area contributed by atoms with Crippen LogP contribution < -0.4 is 20.0 Å². The second kappa shape index (κ2) is 10.00. The number of hydrogen-bond acceptors (Lipinski definition) is 8. The average Bonchev–Trinajstić information content (AvgIpc) is 3.60. The number of aromatic nitrogens is 1. The Kier molecular flexibility index (Phi) is 6.57. The number of carboxylic acids is 1. The lowest BCUT2D eigenvalue weighted by molar-refractivity contribution is 0.0133. The highest BCUT2D eigenvalue weighted by atomic mass is 19.1. The minimum absolute atomic E-state index is 0.0203. The summed E-state index contributed by atoms with van der Waals surface area (Å²) in [6.07, 6.45) is 1.73. The molecule has 216 valence electrons. The maximum atomic E-state index is 15.3. The van der Waals surface area contributed by atoms with Crippen LogP contribution in [0.15, 0.2) is 41.3 Å². The van der Waals surface area contributed by atoms with Gasteiger partial charge in [0.1, 0.15) is 29.7 Å². The lowest BCUT2D eigenvalue weighted by Gasteiger charge is -2.25. The van der Waals surface area contributed by atoms with Gasteiger partial charge in [0.25, 0.3) is 0 Å². The van der Waals surface area contributed by atoms with Crippen molar-refractivity contribution in [3.8, 4) is 5.75 Å². The van der Waals surface area contributed by atoms with Crippen LogP contribution in [0.4, 0.5) is 25.0 Å². The highest BCUT2D eigenvalue weighted by Gasteiger charge is 2.39. The highest BCUT2D eigenvalue weighted by molar-refractivity contribution is 5.93. The second-order valence-corrected chi connectivity index (χ2v) is 10.7. The lowest BCUT2D eigenvalue weighted by Crippen LogP contribution is -2.39. The van der Waals surface area contributed by atoms with Gasteiger partial charge in [0.15, 0.2) is 11.6 Å². The molecule has 3 heterocycles. The number of nitrogens with zero attached hydrogens (tertiary/aromatic N) is 3. The third-order valence-electron chi connectivity index (χ3n) is 7.75. The molecule has 1 aliphatic carbocycles. The minimum atomic E-state index is -1.44. The molecule has 0 radical (unpaired) electrons. The number of hydrogen-bond donors (Lipinski definition) is 3. The predicted molar refractivity (Wildman–Crippen MR) is 142 cm³/mol. The molecule has 2 aromatic carbocycles. The Morgan fingerprint density at radius 1 is 1.15 bits per heavy atom. The summed E-state index contributed by atoms with van der Waals surface area (Å²) in [7, 11) is 0. The van der Waals surface area contributed by atoms with E-state index in [0.717, 1.165) is 25.0 Å². The summed E-state index contributed by atoms with van der Waals surface area (Å²) in [5.74, 6) is -3.01. The SMILES string of the molecule is O=C(O)c1cn(C2CC2)c2cc(N3CCC(O)(COc4ccc(N5CC(CO)OC5=O)cc4F)C3)c(F)cc2c1=O. The minimum Gasteiger partial charge on any atom is -0.487 e. The number of aliphatic hydroxyl groups is 2. The Morgan fingerprint density at radius 2 is 1.93 bits per heavy atom. The smallest absolute Gasteiger partial charge is 0.414 e. The van der Waals surface area contributed by atoms with Crippen LogP contribution in [-0.4, -0.2) is 76.5 Å². The maximum Gasteiger partial charge on any atom is 0.414 e. The van der Waals surface area contributed by atoms with Gasteiger partial charge in [-0.2, -0.15) is 0 Å². The van der Waals surface area contributed by atoms with Gasteiger partial charge in [-0.05, 0) is 43.5 Å². The van der Waals surface area contributed by atoms with Crippen molar-refractivity contribution in [2.45, 2.75) is 37.0 Å². The van der Waals surface area contributed by atoms with Crippen molar-refractivity contribution in [3.63, 3.8) is 0 Å². The second-order valence-electron chi connectivity index (χ2n) is 10.7. The molecule has 2 aliphatic heterocycles. The number of cyclic esters (lactones) is 1. The zero-order chi connectivity index (χ0) is 29.1. The number of amides is 1. The molecule has 1 amide bonds. The van der Waals surface area contributed by atoms with Crippen LogP contribution >= 0.6 is 0 Å². The maximum absolute atomic E-state index is 15.3. The van der Waals surface area contributed by atoms with Gasteiger partial charge < -0.3 is 34.3 Å². The number of carboxylic acid groups (broad SMARTS) is 1. The average molecular weight is 572 g/mol. The number of ether oxygens (including phenoxy) is 2. The van der Waals surface area contributed by atoms with Gasteiger partial charge in [-0.1, -0.05) is 0 Å². The number of β-amino-alcohol motifs (C(OH)–C–C–N with tert-alkyl or cyclic N) is 1. The molecule has 3 aliphatic rings. The Morgan fingerprint density at radius 3 is 2.59 bits per heavy atom. The monoisotopic (exact) mass is 571 g/mol. The van der Waals surface area contributed by atoms with E-state index in [9.17, 15) is 34.1 Å². The summed E-state index contributed by atoms with van der Waals surface area (Å²) in [6.45, 7) is -0.336. The third-order valence-corrected chi connectivity index (χ3v) is 7.75. The molecule has 41 heavy (non-hydrogen) atoms. The van der Waals surface area contributed by atoms with E-state index in [1.54, 1.807) is 9.47 Å². The van der Waals surface area contributed by atoms with Gasteiger partial charge in [-0.3, -0.25) is 9.69 Å². The number of aromatic carboxylic acids is 1. The quantitative estimate of drug-likeness (QED) is 0.372. The van der Waals surface area contributed by atoms with Crippen LogP contribution in [-0.2, 0) is 4.74 Å². The molecule has 3 aromatic rings. The van der Waals surface area contributed by atoms with E-state index in [2.05, 4.69) is 0 Å². The molecule has 0 bridgehead atoms. The predicted octanol–water partition coefficient (Wildman–Crippen LogP) is 2.65. The van der Waals surface area contributed by atoms with Crippen LogP contribution in [0.3, 0.4) is 0 Å². The number of anilines is 2. The van der Waals surface area contributed by atoms with Gasteiger partial charge in [0.2, 0.25) is 5.43 Å². The summed E-state index contributed by atoms with van der Waals surface area (Å²) in [6, 6.07) is 6.46. The van der Waals surface area contributed by atoms with Crippen LogP contribution in [0.25, 0.3) is 10.9 Å². The standard InChI is InChI=1S/C28H27F2N3O8/c29-20-8-18-22(32(15-1-2-15)11-19(25(18)35)26(36)37)9-23(20)31-6-5-28(39,13-31)14-40-24-4-3-16(7-21(24)30)33-10-17(12-34)41-27(33)38/h3-4,7-9,11,15,17,34,39H,1-2,5-6,10,12-14H2,(H,36,37). The number of rotatable bonds is 8. The van der Waals surface area contributed by atoms with Crippen molar-refractivity contribution < 1.29 is 43.2 Å². The van der Waals surface area contributed by atoms with Gasteiger partial charge in [0, 0.05) is 30.2 Å². The zero-order valence-electron chi connectivity index (χ0n) is 21.8. The van der Waals surface area contributed by atoms with Crippen molar-refractivity contribution in [3.05, 3.63) is 63.9 Å². The van der Waals surface area contributed by atoms with Crippen molar-refractivity contribution >= 4 is 34.3 Å². The first kappa shape index (κ1) is 27.0. The molecular weight excluding hydrogens is 544 g/mol. The first-order chi connectivity index (χ1) is 19.6. The first-order valence-electron chi connectivity index (χ1n) is 13.2.